The minimum absolute atomic E-state index is 0.289. The lowest BCUT2D eigenvalue weighted by molar-refractivity contribution is 0.333. The minimum atomic E-state index is -0.289. The van der Waals surface area contributed by atoms with E-state index in [1.807, 2.05) is 38.1 Å². The first kappa shape index (κ1) is 13.5. The van der Waals surface area contributed by atoms with Crippen molar-refractivity contribution < 1.29 is 4.74 Å². The number of para-hydroxylation sites is 1. The molecule has 0 saturated carbocycles. The van der Waals surface area contributed by atoms with Gasteiger partial charge >= 0.3 is 0 Å². The maximum Gasteiger partial charge on any atom is 0.151 e. The molecule has 0 fully saturated rings. The van der Waals surface area contributed by atoms with E-state index in [-0.39, 0.29) is 6.04 Å². The molecule has 1 aromatic heterocycles. The number of nitrogens with two attached hydrogens (primary N) is 1. The van der Waals surface area contributed by atoms with Crippen molar-refractivity contribution >= 4 is 0 Å². The molecule has 0 amide bonds. The van der Waals surface area contributed by atoms with E-state index in [9.17, 15) is 0 Å². The fourth-order valence-corrected chi connectivity index (χ4v) is 1.86. The molecule has 0 aliphatic rings. The summed E-state index contributed by atoms with van der Waals surface area (Å²) in [7, 11) is 0. The summed E-state index contributed by atoms with van der Waals surface area (Å²) in [5.74, 6) is 7.07. The molecule has 2 rings (SSSR count). The van der Waals surface area contributed by atoms with Crippen LogP contribution >= 0.6 is 0 Å². The van der Waals surface area contributed by atoms with Gasteiger partial charge in [0.05, 0.1) is 6.61 Å². The van der Waals surface area contributed by atoms with Crippen LogP contribution in [0.15, 0.2) is 36.7 Å². The molecule has 0 radical (unpaired) electrons. The first-order valence-electron chi connectivity index (χ1n) is 6.22. The average molecular weight is 258 g/mol. The van der Waals surface area contributed by atoms with Crippen LogP contribution in [0.2, 0.25) is 0 Å². The lowest BCUT2D eigenvalue weighted by Gasteiger charge is -2.18. The Balaban J connectivity index is 2.39. The van der Waals surface area contributed by atoms with Crippen molar-refractivity contribution in [1.29, 1.82) is 0 Å². The SMILES string of the molecule is CCOc1ccccc1C(NN)c1ncc(C)cn1. The Hall–Kier alpha value is -1.98. The molecule has 0 aliphatic heterocycles. The van der Waals surface area contributed by atoms with Crippen LogP contribution in [0.5, 0.6) is 5.75 Å². The molecule has 0 bridgehead atoms. The molecular formula is C14H18N4O. The molecule has 3 N–H and O–H groups in total. The summed E-state index contributed by atoms with van der Waals surface area (Å²) in [6, 6.07) is 7.45. The third-order valence-electron chi connectivity index (χ3n) is 2.76. The van der Waals surface area contributed by atoms with Crippen molar-refractivity contribution in [3.8, 4) is 5.75 Å². The smallest absolute Gasteiger partial charge is 0.151 e. The monoisotopic (exact) mass is 258 g/mol. The fraction of sp³-hybridized carbons (Fsp3) is 0.286. The van der Waals surface area contributed by atoms with E-state index >= 15 is 0 Å². The molecule has 0 aliphatic carbocycles. The second-order valence-corrected chi connectivity index (χ2v) is 4.19. The van der Waals surface area contributed by atoms with E-state index in [1.54, 1.807) is 12.4 Å². The predicted molar refractivity (Wildman–Crippen MR) is 73.5 cm³/mol. The second kappa shape index (κ2) is 6.26. The molecule has 1 unspecified atom stereocenters. The average Bonchev–Trinajstić information content (AvgIpc) is 2.44. The Morgan fingerprint density at radius 3 is 2.58 bits per heavy atom. The molecule has 0 spiro atoms. The van der Waals surface area contributed by atoms with E-state index < -0.39 is 0 Å². The number of hydrogen-bond donors (Lipinski definition) is 2. The molecule has 2 aromatic rings. The Labute approximate surface area is 112 Å². The molecule has 1 aromatic carbocycles. The van der Waals surface area contributed by atoms with Crippen molar-refractivity contribution in [2.45, 2.75) is 19.9 Å². The van der Waals surface area contributed by atoms with Gasteiger partial charge in [0, 0.05) is 18.0 Å². The fourth-order valence-electron chi connectivity index (χ4n) is 1.86. The highest BCUT2D eigenvalue weighted by atomic mass is 16.5. The highest BCUT2D eigenvalue weighted by Gasteiger charge is 2.19. The van der Waals surface area contributed by atoms with Crippen molar-refractivity contribution in [1.82, 2.24) is 15.4 Å². The number of hydrogen-bond acceptors (Lipinski definition) is 5. The van der Waals surface area contributed by atoms with Crippen molar-refractivity contribution in [2.24, 2.45) is 5.84 Å². The molecule has 1 atom stereocenters. The van der Waals surface area contributed by atoms with E-state index in [4.69, 9.17) is 10.6 Å². The minimum Gasteiger partial charge on any atom is -0.494 e. The number of aryl methyl sites for hydroxylation is 1. The summed E-state index contributed by atoms with van der Waals surface area (Å²) in [6.45, 7) is 4.50. The number of nitrogens with one attached hydrogen (secondary N) is 1. The molecular weight excluding hydrogens is 240 g/mol. The number of rotatable bonds is 5. The van der Waals surface area contributed by atoms with E-state index in [0.29, 0.717) is 12.4 Å². The van der Waals surface area contributed by atoms with Crippen molar-refractivity contribution in [3.63, 3.8) is 0 Å². The van der Waals surface area contributed by atoms with Gasteiger partial charge in [0.1, 0.15) is 11.8 Å². The largest absolute Gasteiger partial charge is 0.494 e. The van der Waals surface area contributed by atoms with Crippen molar-refractivity contribution in [2.75, 3.05) is 6.61 Å². The number of aromatic nitrogens is 2. The second-order valence-electron chi connectivity index (χ2n) is 4.19. The van der Waals surface area contributed by atoms with E-state index in [1.165, 1.54) is 0 Å². The number of nitrogens with zero attached hydrogens (tertiary/aromatic N) is 2. The first-order valence-corrected chi connectivity index (χ1v) is 6.22. The Kier molecular flexibility index (Phi) is 4.43. The van der Waals surface area contributed by atoms with Gasteiger partial charge in [0.15, 0.2) is 5.82 Å². The Bertz CT molecular complexity index is 527. The van der Waals surface area contributed by atoms with Gasteiger partial charge in [-0.1, -0.05) is 18.2 Å². The van der Waals surface area contributed by atoms with Crippen LogP contribution in [0, 0.1) is 6.92 Å². The maximum atomic E-state index is 5.65. The number of ether oxygens (including phenoxy) is 1. The van der Waals surface area contributed by atoms with Gasteiger partial charge in [-0.3, -0.25) is 5.84 Å². The predicted octanol–water partition coefficient (Wildman–Crippen LogP) is 1.74. The van der Waals surface area contributed by atoms with Crippen LogP contribution in [-0.4, -0.2) is 16.6 Å². The Morgan fingerprint density at radius 1 is 1.26 bits per heavy atom. The maximum absolute atomic E-state index is 5.65. The summed E-state index contributed by atoms with van der Waals surface area (Å²) < 4.78 is 5.61. The summed E-state index contributed by atoms with van der Waals surface area (Å²) in [4.78, 5) is 8.64. The molecule has 0 saturated heterocycles. The quantitative estimate of drug-likeness (QED) is 0.631. The van der Waals surface area contributed by atoms with Crippen LogP contribution in [0.4, 0.5) is 0 Å². The van der Waals surface area contributed by atoms with E-state index in [0.717, 1.165) is 16.9 Å². The van der Waals surface area contributed by atoms with Crippen LogP contribution in [0.25, 0.3) is 0 Å². The van der Waals surface area contributed by atoms with E-state index in [2.05, 4.69) is 15.4 Å². The summed E-state index contributed by atoms with van der Waals surface area (Å²) in [5.41, 5.74) is 4.69. The number of benzene rings is 1. The lowest BCUT2D eigenvalue weighted by Crippen LogP contribution is -2.30. The van der Waals surface area contributed by atoms with Crippen LogP contribution < -0.4 is 16.0 Å². The van der Waals surface area contributed by atoms with Crippen LogP contribution in [-0.2, 0) is 0 Å². The third kappa shape index (κ3) is 3.07. The molecule has 19 heavy (non-hydrogen) atoms. The molecule has 5 heteroatoms. The van der Waals surface area contributed by atoms with Gasteiger partial charge in [-0.05, 0) is 25.5 Å². The third-order valence-corrected chi connectivity index (χ3v) is 2.76. The highest BCUT2D eigenvalue weighted by Crippen LogP contribution is 2.27. The van der Waals surface area contributed by atoms with Gasteiger partial charge in [0.2, 0.25) is 0 Å². The topological polar surface area (TPSA) is 73.1 Å². The summed E-state index contributed by atoms with van der Waals surface area (Å²) >= 11 is 0. The summed E-state index contributed by atoms with van der Waals surface area (Å²) in [6.07, 6.45) is 3.55. The Morgan fingerprint density at radius 2 is 1.95 bits per heavy atom. The molecule has 5 nitrogen and oxygen atoms in total. The van der Waals surface area contributed by atoms with Gasteiger partial charge in [0.25, 0.3) is 0 Å². The van der Waals surface area contributed by atoms with Gasteiger partial charge in [-0.15, -0.1) is 0 Å². The van der Waals surface area contributed by atoms with Gasteiger partial charge < -0.3 is 4.74 Å². The normalized spacial score (nSPS) is 12.2. The summed E-state index contributed by atoms with van der Waals surface area (Å²) in [5, 5.41) is 0. The highest BCUT2D eigenvalue weighted by molar-refractivity contribution is 5.38. The zero-order valence-electron chi connectivity index (χ0n) is 11.1. The molecule has 1 heterocycles. The van der Waals surface area contributed by atoms with Gasteiger partial charge in [-0.25, -0.2) is 15.4 Å². The number of hydrazine groups is 1. The first-order chi connectivity index (χ1) is 9.26. The van der Waals surface area contributed by atoms with Crippen LogP contribution in [0.1, 0.15) is 29.9 Å². The zero-order valence-corrected chi connectivity index (χ0v) is 11.1. The van der Waals surface area contributed by atoms with Gasteiger partial charge in [-0.2, -0.15) is 0 Å². The molecule has 100 valence electrons. The van der Waals surface area contributed by atoms with Crippen LogP contribution in [0.3, 0.4) is 0 Å². The van der Waals surface area contributed by atoms with Crippen molar-refractivity contribution in [3.05, 3.63) is 53.6 Å². The standard InChI is InChI=1S/C14H18N4O/c1-3-19-12-7-5-4-6-11(12)13(18-15)14-16-8-10(2)9-17-14/h4-9,13,18H,3,15H2,1-2H3. The lowest BCUT2D eigenvalue weighted by atomic mass is 10.1. The zero-order chi connectivity index (χ0) is 13.7.